The van der Waals surface area contributed by atoms with Gasteiger partial charge in [-0.2, -0.15) is 0 Å². The van der Waals surface area contributed by atoms with Gasteiger partial charge in [-0.3, -0.25) is 0 Å². The normalized spacial score (nSPS) is 16.2. The fourth-order valence-corrected chi connectivity index (χ4v) is 1.39. The fraction of sp³-hybridized carbons (Fsp3) is 0.615. The van der Waals surface area contributed by atoms with Gasteiger partial charge in [0.1, 0.15) is 17.9 Å². The first kappa shape index (κ1) is 13.6. The van der Waals surface area contributed by atoms with Crippen LogP contribution in [0.25, 0.3) is 0 Å². The summed E-state index contributed by atoms with van der Waals surface area (Å²) in [5.41, 5.74) is 1.23. The number of hydrogen-bond acceptors (Lipinski definition) is 4. The Labute approximate surface area is 102 Å². The Balaban J connectivity index is 2.89. The highest BCUT2D eigenvalue weighted by atomic mass is 16.5. The van der Waals surface area contributed by atoms with Crippen LogP contribution >= 0.6 is 0 Å². The van der Waals surface area contributed by atoms with E-state index in [1.807, 2.05) is 0 Å². The van der Waals surface area contributed by atoms with E-state index in [0.29, 0.717) is 17.9 Å². The van der Waals surface area contributed by atoms with E-state index in [9.17, 15) is 4.79 Å². The molecule has 1 rings (SSSR count). The molecule has 0 aromatic carbocycles. The van der Waals surface area contributed by atoms with Gasteiger partial charge in [0, 0.05) is 5.57 Å². The van der Waals surface area contributed by atoms with E-state index in [1.54, 1.807) is 13.2 Å². The van der Waals surface area contributed by atoms with Crippen LogP contribution in [0.5, 0.6) is 0 Å². The highest BCUT2D eigenvalue weighted by Gasteiger charge is 2.24. The summed E-state index contributed by atoms with van der Waals surface area (Å²) in [7, 11) is 1.36. The largest absolute Gasteiger partial charge is 0.493 e. The predicted octanol–water partition coefficient (Wildman–Crippen LogP) is 2.41. The molecule has 4 heteroatoms. The van der Waals surface area contributed by atoms with E-state index >= 15 is 0 Å². The molecule has 0 N–H and O–H groups in total. The van der Waals surface area contributed by atoms with Gasteiger partial charge < -0.3 is 14.2 Å². The van der Waals surface area contributed by atoms with Crippen molar-refractivity contribution in [2.75, 3.05) is 20.3 Å². The molecule has 0 saturated heterocycles. The molecule has 0 aromatic heterocycles. The molecule has 96 valence electrons. The zero-order valence-corrected chi connectivity index (χ0v) is 11.1. The van der Waals surface area contributed by atoms with E-state index in [-0.39, 0.29) is 18.0 Å². The SMILES string of the molecule is COC(=O)C1=C(OCC(C)(C)C)COC=C1C. The van der Waals surface area contributed by atoms with Crippen LogP contribution in [-0.4, -0.2) is 26.3 Å². The van der Waals surface area contributed by atoms with Crippen molar-refractivity contribution in [3.8, 4) is 0 Å². The Bertz CT molecular complexity index is 358. The molecular formula is C13H20O4. The van der Waals surface area contributed by atoms with E-state index in [1.165, 1.54) is 7.11 Å². The van der Waals surface area contributed by atoms with Crippen LogP contribution in [0.4, 0.5) is 0 Å². The van der Waals surface area contributed by atoms with Crippen molar-refractivity contribution >= 4 is 5.97 Å². The molecule has 4 nitrogen and oxygen atoms in total. The molecular weight excluding hydrogens is 220 g/mol. The van der Waals surface area contributed by atoms with Crippen molar-refractivity contribution in [3.05, 3.63) is 23.2 Å². The molecule has 0 bridgehead atoms. The van der Waals surface area contributed by atoms with Crippen molar-refractivity contribution in [1.29, 1.82) is 0 Å². The van der Waals surface area contributed by atoms with Crippen LogP contribution in [0.1, 0.15) is 27.7 Å². The number of rotatable bonds is 3. The Hall–Kier alpha value is -1.45. The molecule has 0 radical (unpaired) electrons. The summed E-state index contributed by atoms with van der Waals surface area (Å²) in [4.78, 5) is 11.7. The molecule has 1 aliphatic rings. The van der Waals surface area contributed by atoms with Gasteiger partial charge in [0.05, 0.1) is 20.0 Å². The second kappa shape index (κ2) is 5.25. The molecule has 0 spiro atoms. The molecule has 17 heavy (non-hydrogen) atoms. The first-order valence-corrected chi connectivity index (χ1v) is 5.58. The predicted molar refractivity (Wildman–Crippen MR) is 64.2 cm³/mol. The lowest BCUT2D eigenvalue weighted by Gasteiger charge is -2.24. The summed E-state index contributed by atoms with van der Waals surface area (Å²) < 4.78 is 15.6. The average molecular weight is 240 g/mol. The maximum Gasteiger partial charge on any atom is 0.341 e. The lowest BCUT2D eigenvalue weighted by Crippen LogP contribution is -2.21. The van der Waals surface area contributed by atoms with Gasteiger partial charge in [0.15, 0.2) is 0 Å². The van der Waals surface area contributed by atoms with Crippen molar-refractivity contribution in [1.82, 2.24) is 0 Å². The summed E-state index contributed by atoms with van der Waals surface area (Å²) in [5, 5.41) is 0. The minimum absolute atomic E-state index is 0.0310. The molecule has 0 fully saturated rings. The van der Waals surface area contributed by atoms with Gasteiger partial charge in [0.2, 0.25) is 0 Å². The molecule has 0 saturated carbocycles. The van der Waals surface area contributed by atoms with E-state index in [2.05, 4.69) is 20.8 Å². The van der Waals surface area contributed by atoms with Crippen LogP contribution in [0.15, 0.2) is 23.2 Å². The van der Waals surface area contributed by atoms with Gasteiger partial charge >= 0.3 is 5.97 Å². The summed E-state index contributed by atoms with van der Waals surface area (Å²) in [6.45, 7) is 8.80. The van der Waals surface area contributed by atoms with E-state index in [0.717, 1.165) is 5.57 Å². The third-order valence-electron chi connectivity index (χ3n) is 2.22. The standard InChI is InChI=1S/C13H20O4/c1-9-6-16-7-10(11(9)12(14)15-5)17-8-13(2,3)4/h6H,7-8H2,1-5H3. The molecule has 0 amide bonds. The first-order chi connectivity index (χ1) is 7.85. The second-order valence-electron chi connectivity index (χ2n) is 5.25. The number of methoxy groups -OCH3 is 1. The fourth-order valence-electron chi connectivity index (χ4n) is 1.39. The van der Waals surface area contributed by atoms with Crippen LogP contribution in [0.3, 0.4) is 0 Å². The monoisotopic (exact) mass is 240 g/mol. The van der Waals surface area contributed by atoms with E-state index in [4.69, 9.17) is 14.2 Å². The van der Waals surface area contributed by atoms with Gasteiger partial charge in [0.25, 0.3) is 0 Å². The van der Waals surface area contributed by atoms with Crippen LogP contribution < -0.4 is 0 Å². The Morgan fingerprint density at radius 3 is 2.65 bits per heavy atom. The smallest absolute Gasteiger partial charge is 0.341 e. The molecule has 0 aliphatic carbocycles. The summed E-state index contributed by atoms with van der Waals surface area (Å²) in [6, 6.07) is 0. The highest BCUT2D eigenvalue weighted by Crippen LogP contribution is 2.24. The Kier molecular flexibility index (Phi) is 4.21. The summed E-state index contributed by atoms with van der Waals surface area (Å²) in [5.74, 6) is 0.165. The third kappa shape index (κ3) is 3.80. The maximum atomic E-state index is 11.7. The number of carbonyl (C=O) groups is 1. The average Bonchev–Trinajstić information content (AvgIpc) is 2.24. The number of esters is 1. The maximum absolute atomic E-state index is 11.7. The van der Waals surface area contributed by atoms with Gasteiger partial charge in [-0.15, -0.1) is 0 Å². The lowest BCUT2D eigenvalue weighted by atomic mass is 9.98. The summed E-state index contributed by atoms with van der Waals surface area (Å²) in [6.07, 6.45) is 1.55. The molecule has 1 heterocycles. The Morgan fingerprint density at radius 2 is 2.12 bits per heavy atom. The third-order valence-corrected chi connectivity index (χ3v) is 2.22. The van der Waals surface area contributed by atoms with Crippen LogP contribution in [-0.2, 0) is 19.0 Å². The minimum atomic E-state index is -0.383. The van der Waals surface area contributed by atoms with Gasteiger partial charge in [-0.1, -0.05) is 20.8 Å². The van der Waals surface area contributed by atoms with Crippen molar-refractivity contribution < 1.29 is 19.0 Å². The van der Waals surface area contributed by atoms with E-state index < -0.39 is 0 Å². The first-order valence-electron chi connectivity index (χ1n) is 5.58. The summed E-state index contributed by atoms with van der Waals surface area (Å²) >= 11 is 0. The molecule has 0 atom stereocenters. The molecule has 0 aromatic rings. The second-order valence-corrected chi connectivity index (χ2v) is 5.25. The number of ether oxygens (including phenoxy) is 3. The van der Waals surface area contributed by atoms with Crippen LogP contribution in [0.2, 0.25) is 0 Å². The molecule has 1 aliphatic heterocycles. The van der Waals surface area contributed by atoms with Crippen molar-refractivity contribution in [3.63, 3.8) is 0 Å². The molecule has 0 unspecified atom stereocenters. The topological polar surface area (TPSA) is 44.8 Å². The van der Waals surface area contributed by atoms with Crippen molar-refractivity contribution in [2.24, 2.45) is 5.41 Å². The number of carbonyl (C=O) groups excluding carboxylic acids is 1. The lowest BCUT2D eigenvalue weighted by molar-refractivity contribution is -0.136. The zero-order valence-electron chi connectivity index (χ0n) is 11.1. The highest BCUT2D eigenvalue weighted by molar-refractivity contribution is 5.93. The van der Waals surface area contributed by atoms with Gasteiger partial charge in [-0.05, 0) is 12.3 Å². The van der Waals surface area contributed by atoms with Crippen molar-refractivity contribution in [2.45, 2.75) is 27.7 Å². The van der Waals surface area contributed by atoms with Gasteiger partial charge in [-0.25, -0.2) is 4.79 Å². The quantitative estimate of drug-likeness (QED) is 0.711. The van der Waals surface area contributed by atoms with Crippen LogP contribution in [0, 0.1) is 5.41 Å². The number of hydrogen-bond donors (Lipinski definition) is 0. The zero-order chi connectivity index (χ0) is 13.1. The Morgan fingerprint density at radius 1 is 1.47 bits per heavy atom. The minimum Gasteiger partial charge on any atom is -0.493 e.